The lowest BCUT2D eigenvalue weighted by Gasteiger charge is -2.19. The third kappa shape index (κ3) is 2.54. The third-order valence-electron chi connectivity index (χ3n) is 4.22. The number of benzene rings is 1. The molecule has 0 aliphatic heterocycles. The number of nitrogens with two attached hydrogens (primary N) is 1. The van der Waals surface area contributed by atoms with Gasteiger partial charge in [-0.05, 0) is 37.3 Å². The van der Waals surface area contributed by atoms with Crippen molar-refractivity contribution in [3.05, 3.63) is 30.5 Å². The van der Waals surface area contributed by atoms with Gasteiger partial charge < -0.3 is 11.1 Å². The van der Waals surface area contributed by atoms with Crippen LogP contribution < -0.4 is 11.1 Å². The molecule has 1 saturated carbocycles. The minimum atomic E-state index is 0.675. The second-order valence-corrected chi connectivity index (χ2v) is 5.34. The van der Waals surface area contributed by atoms with Crippen LogP contribution in [0.3, 0.4) is 0 Å². The Hall–Kier alpha value is -1.68. The normalized spacial score (nSPS) is 22.8. The SMILES string of the molecule is NCC1CCCC1CNc1cnnc2ccccc12. The standard InChI is InChI=1S/C15H20N4/c16-8-11-4-3-5-12(11)9-17-15-10-18-19-14-7-2-1-6-13(14)15/h1-2,6-7,10-12H,3-5,8-9,16H2,(H,17,19). The van der Waals surface area contributed by atoms with E-state index in [0.29, 0.717) is 11.8 Å². The summed E-state index contributed by atoms with van der Waals surface area (Å²) in [5, 5.41) is 12.9. The number of aromatic nitrogens is 2. The molecule has 2 aromatic rings. The van der Waals surface area contributed by atoms with Crippen LogP contribution in [-0.4, -0.2) is 23.3 Å². The van der Waals surface area contributed by atoms with E-state index in [2.05, 4.69) is 21.6 Å². The zero-order valence-corrected chi connectivity index (χ0v) is 11.0. The molecule has 1 fully saturated rings. The highest BCUT2D eigenvalue weighted by Gasteiger charge is 2.25. The van der Waals surface area contributed by atoms with Gasteiger partial charge in [-0.1, -0.05) is 24.6 Å². The fraction of sp³-hybridized carbons (Fsp3) is 0.467. The molecule has 0 saturated heterocycles. The Morgan fingerprint density at radius 2 is 2.05 bits per heavy atom. The average Bonchev–Trinajstić information content (AvgIpc) is 2.92. The first-order valence-electron chi connectivity index (χ1n) is 7.03. The number of hydrogen-bond donors (Lipinski definition) is 2. The van der Waals surface area contributed by atoms with Gasteiger partial charge in [0, 0.05) is 11.9 Å². The zero-order chi connectivity index (χ0) is 13.1. The molecule has 19 heavy (non-hydrogen) atoms. The van der Waals surface area contributed by atoms with Gasteiger partial charge in [-0.15, -0.1) is 0 Å². The minimum Gasteiger partial charge on any atom is -0.383 e. The van der Waals surface area contributed by atoms with Crippen LogP contribution in [-0.2, 0) is 0 Å². The number of nitrogens with zero attached hydrogens (tertiary/aromatic N) is 2. The Morgan fingerprint density at radius 3 is 2.95 bits per heavy atom. The summed E-state index contributed by atoms with van der Waals surface area (Å²) in [6, 6.07) is 8.10. The lowest BCUT2D eigenvalue weighted by atomic mass is 9.96. The van der Waals surface area contributed by atoms with E-state index in [1.54, 1.807) is 0 Å². The van der Waals surface area contributed by atoms with Crippen LogP contribution in [0.4, 0.5) is 5.69 Å². The highest BCUT2D eigenvalue weighted by Crippen LogP contribution is 2.31. The summed E-state index contributed by atoms with van der Waals surface area (Å²) in [5.41, 5.74) is 7.85. The van der Waals surface area contributed by atoms with Gasteiger partial charge in [-0.3, -0.25) is 0 Å². The van der Waals surface area contributed by atoms with Crippen LogP contribution in [0.15, 0.2) is 30.5 Å². The summed E-state index contributed by atoms with van der Waals surface area (Å²) < 4.78 is 0. The van der Waals surface area contributed by atoms with Gasteiger partial charge in [-0.2, -0.15) is 10.2 Å². The summed E-state index contributed by atoms with van der Waals surface area (Å²) in [7, 11) is 0. The predicted molar refractivity (Wildman–Crippen MR) is 77.9 cm³/mol. The fourth-order valence-electron chi connectivity index (χ4n) is 3.08. The van der Waals surface area contributed by atoms with E-state index in [9.17, 15) is 0 Å². The molecule has 2 atom stereocenters. The number of nitrogens with one attached hydrogen (secondary N) is 1. The van der Waals surface area contributed by atoms with Crippen molar-refractivity contribution in [1.29, 1.82) is 0 Å². The molecule has 1 aromatic heterocycles. The molecular formula is C15H20N4. The molecule has 3 N–H and O–H groups in total. The van der Waals surface area contributed by atoms with Crippen LogP contribution in [0.25, 0.3) is 10.9 Å². The summed E-state index contributed by atoms with van der Waals surface area (Å²) in [4.78, 5) is 0. The molecule has 4 nitrogen and oxygen atoms in total. The van der Waals surface area contributed by atoms with Crippen LogP contribution in [0, 0.1) is 11.8 Å². The van der Waals surface area contributed by atoms with Crippen molar-refractivity contribution in [2.24, 2.45) is 17.6 Å². The molecular weight excluding hydrogens is 236 g/mol. The summed E-state index contributed by atoms with van der Waals surface area (Å²) >= 11 is 0. The quantitative estimate of drug-likeness (QED) is 0.881. The Labute approximate surface area is 113 Å². The molecule has 1 aliphatic carbocycles. The van der Waals surface area contributed by atoms with Crippen LogP contribution in [0.2, 0.25) is 0 Å². The van der Waals surface area contributed by atoms with Crippen molar-refractivity contribution in [3.63, 3.8) is 0 Å². The van der Waals surface area contributed by atoms with E-state index in [1.165, 1.54) is 19.3 Å². The van der Waals surface area contributed by atoms with E-state index in [0.717, 1.165) is 29.7 Å². The molecule has 1 aliphatic rings. The molecule has 3 rings (SSSR count). The zero-order valence-electron chi connectivity index (χ0n) is 11.0. The van der Waals surface area contributed by atoms with Gasteiger partial charge in [0.2, 0.25) is 0 Å². The second-order valence-electron chi connectivity index (χ2n) is 5.34. The number of hydrogen-bond acceptors (Lipinski definition) is 4. The van der Waals surface area contributed by atoms with Crippen molar-refractivity contribution >= 4 is 16.6 Å². The van der Waals surface area contributed by atoms with Crippen molar-refractivity contribution in [2.45, 2.75) is 19.3 Å². The van der Waals surface area contributed by atoms with Crippen LogP contribution >= 0.6 is 0 Å². The first kappa shape index (κ1) is 12.4. The smallest absolute Gasteiger partial charge is 0.0950 e. The molecule has 1 heterocycles. The van der Waals surface area contributed by atoms with Crippen LogP contribution in [0.5, 0.6) is 0 Å². The Morgan fingerprint density at radius 1 is 1.21 bits per heavy atom. The van der Waals surface area contributed by atoms with Gasteiger partial charge in [0.05, 0.1) is 17.4 Å². The maximum absolute atomic E-state index is 5.83. The number of fused-ring (bicyclic) bond motifs is 1. The van der Waals surface area contributed by atoms with Crippen molar-refractivity contribution in [3.8, 4) is 0 Å². The summed E-state index contributed by atoms with van der Waals surface area (Å²) in [6.45, 7) is 1.79. The molecule has 0 radical (unpaired) electrons. The molecule has 100 valence electrons. The second kappa shape index (κ2) is 5.53. The summed E-state index contributed by atoms with van der Waals surface area (Å²) in [5.74, 6) is 1.37. The van der Waals surface area contributed by atoms with Crippen molar-refractivity contribution in [1.82, 2.24) is 10.2 Å². The van der Waals surface area contributed by atoms with Crippen LogP contribution in [0.1, 0.15) is 19.3 Å². The first-order valence-corrected chi connectivity index (χ1v) is 7.03. The molecule has 1 aromatic carbocycles. The van der Waals surface area contributed by atoms with E-state index in [4.69, 9.17) is 5.73 Å². The Bertz CT molecular complexity index is 549. The highest BCUT2D eigenvalue weighted by atomic mass is 15.1. The molecule has 4 heteroatoms. The van der Waals surface area contributed by atoms with E-state index in [-0.39, 0.29) is 0 Å². The van der Waals surface area contributed by atoms with Gasteiger partial charge in [0.1, 0.15) is 0 Å². The molecule has 2 unspecified atom stereocenters. The maximum Gasteiger partial charge on any atom is 0.0950 e. The van der Waals surface area contributed by atoms with Crippen molar-refractivity contribution in [2.75, 3.05) is 18.4 Å². The van der Waals surface area contributed by atoms with Gasteiger partial charge in [0.15, 0.2) is 0 Å². The molecule has 0 bridgehead atoms. The van der Waals surface area contributed by atoms with Crippen molar-refractivity contribution < 1.29 is 0 Å². The Balaban J connectivity index is 1.75. The van der Waals surface area contributed by atoms with Gasteiger partial charge in [-0.25, -0.2) is 0 Å². The third-order valence-corrected chi connectivity index (χ3v) is 4.22. The lowest BCUT2D eigenvalue weighted by molar-refractivity contribution is 0.414. The number of anilines is 1. The van der Waals surface area contributed by atoms with Gasteiger partial charge >= 0.3 is 0 Å². The van der Waals surface area contributed by atoms with Gasteiger partial charge in [0.25, 0.3) is 0 Å². The monoisotopic (exact) mass is 256 g/mol. The van der Waals surface area contributed by atoms with E-state index < -0.39 is 0 Å². The van der Waals surface area contributed by atoms with E-state index >= 15 is 0 Å². The number of rotatable bonds is 4. The molecule has 0 spiro atoms. The Kier molecular flexibility index (Phi) is 3.60. The van der Waals surface area contributed by atoms with E-state index in [1.807, 2.05) is 24.4 Å². The minimum absolute atomic E-state index is 0.675. The summed E-state index contributed by atoms with van der Waals surface area (Å²) in [6.07, 6.45) is 5.68. The maximum atomic E-state index is 5.83. The highest BCUT2D eigenvalue weighted by molar-refractivity contribution is 5.90. The topological polar surface area (TPSA) is 63.8 Å². The largest absolute Gasteiger partial charge is 0.383 e. The average molecular weight is 256 g/mol. The predicted octanol–water partition coefficient (Wildman–Crippen LogP) is 2.42. The fourth-order valence-corrected chi connectivity index (χ4v) is 3.08. The lowest BCUT2D eigenvalue weighted by Crippen LogP contribution is -2.24. The first-order chi connectivity index (χ1) is 9.38. The molecule has 0 amide bonds.